The molecule has 0 fully saturated rings. The first-order chi connectivity index (χ1) is 5.42. The average molecular weight is 147 g/mol. The third-order valence-electron chi connectivity index (χ3n) is 1.42. The van der Waals surface area contributed by atoms with Gasteiger partial charge in [-0.3, -0.25) is 5.10 Å². The van der Waals surface area contributed by atoms with Gasteiger partial charge in [0.05, 0.1) is 5.39 Å². The Morgan fingerprint density at radius 3 is 3.27 bits per heavy atom. The van der Waals surface area contributed by atoms with Crippen LogP contribution in [-0.2, 0) is 0 Å². The van der Waals surface area contributed by atoms with Gasteiger partial charge in [0.15, 0.2) is 11.5 Å². The summed E-state index contributed by atoms with van der Waals surface area (Å²) in [5.74, 6) is 0.452. The normalized spacial score (nSPS) is 10.2. The van der Waals surface area contributed by atoms with Crippen molar-refractivity contribution in [3.63, 3.8) is 0 Å². The molecular formula is C6H5N5. The quantitative estimate of drug-likeness (QED) is 0.601. The van der Waals surface area contributed by atoms with Crippen molar-refractivity contribution < 1.29 is 0 Å². The molecule has 0 aliphatic heterocycles. The van der Waals surface area contributed by atoms with E-state index < -0.39 is 0 Å². The summed E-state index contributed by atoms with van der Waals surface area (Å²) in [6.45, 7) is 0. The van der Waals surface area contributed by atoms with E-state index in [1.54, 1.807) is 12.3 Å². The molecule has 11 heavy (non-hydrogen) atoms. The highest BCUT2D eigenvalue weighted by Gasteiger charge is 2.01. The smallest absolute Gasteiger partial charge is 0.183 e. The van der Waals surface area contributed by atoms with Crippen LogP contribution >= 0.6 is 0 Å². The molecule has 0 atom stereocenters. The van der Waals surface area contributed by atoms with E-state index >= 15 is 0 Å². The van der Waals surface area contributed by atoms with E-state index in [0.29, 0.717) is 11.5 Å². The van der Waals surface area contributed by atoms with Crippen molar-refractivity contribution in [1.82, 2.24) is 15.2 Å². The SMILES string of the molecule is N=Nc1[nH]nc2ncccc12. The lowest BCUT2D eigenvalue weighted by Crippen LogP contribution is -1.71. The number of hydrogen-bond acceptors (Lipinski definition) is 4. The van der Waals surface area contributed by atoms with E-state index in [1.807, 2.05) is 6.07 Å². The van der Waals surface area contributed by atoms with Crippen LogP contribution in [0.4, 0.5) is 5.82 Å². The van der Waals surface area contributed by atoms with Crippen molar-refractivity contribution >= 4 is 16.9 Å². The number of rotatable bonds is 1. The molecule has 54 valence electrons. The minimum absolute atomic E-state index is 0.452. The monoisotopic (exact) mass is 147 g/mol. The summed E-state index contributed by atoms with van der Waals surface area (Å²) >= 11 is 0. The van der Waals surface area contributed by atoms with Gasteiger partial charge in [-0.2, -0.15) is 5.10 Å². The minimum atomic E-state index is 0.452. The van der Waals surface area contributed by atoms with Gasteiger partial charge in [-0.15, -0.1) is 5.11 Å². The predicted octanol–water partition coefficient (Wildman–Crippen LogP) is 1.62. The first-order valence-electron chi connectivity index (χ1n) is 3.08. The first-order valence-corrected chi connectivity index (χ1v) is 3.08. The molecule has 2 aromatic rings. The maximum absolute atomic E-state index is 6.77. The zero-order valence-electron chi connectivity index (χ0n) is 5.57. The van der Waals surface area contributed by atoms with Crippen LogP contribution in [-0.4, -0.2) is 15.2 Å². The number of aromatic nitrogens is 3. The van der Waals surface area contributed by atoms with Crippen LogP contribution in [0.15, 0.2) is 23.4 Å². The third kappa shape index (κ3) is 0.778. The van der Waals surface area contributed by atoms with Gasteiger partial charge in [-0.05, 0) is 12.1 Å². The van der Waals surface area contributed by atoms with Crippen molar-refractivity contribution in [3.05, 3.63) is 18.3 Å². The topological polar surface area (TPSA) is 77.8 Å². The number of nitrogens with one attached hydrogen (secondary N) is 2. The molecule has 2 aromatic heterocycles. The average Bonchev–Trinajstić information content (AvgIpc) is 2.47. The van der Waals surface area contributed by atoms with E-state index in [2.05, 4.69) is 20.3 Å². The molecule has 0 aliphatic carbocycles. The second-order valence-corrected chi connectivity index (χ2v) is 2.06. The molecule has 0 aromatic carbocycles. The zero-order valence-corrected chi connectivity index (χ0v) is 5.57. The van der Waals surface area contributed by atoms with Gasteiger partial charge >= 0.3 is 0 Å². The molecule has 0 radical (unpaired) electrons. The Morgan fingerprint density at radius 2 is 2.45 bits per heavy atom. The van der Waals surface area contributed by atoms with Crippen LogP contribution in [0, 0.1) is 5.53 Å². The molecule has 0 aliphatic rings. The molecule has 0 bridgehead atoms. The Morgan fingerprint density at radius 1 is 1.55 bits per heavy atom. The summed E-state index contributed by atoms with van der Waals surface area (Å²) in [5.41, 5.74) is 7.36. The summed E-state index contributed by atoms with van der Waals surface area (Å²) in [4.78, 5) is 3.96. The van der Waals surface area contributed by atoms with Gasteiger partial charge in [0.25, 0.3) is 0 Å². The number of hydrogen-bond donors (Lipinski definition) is 2. The summed E-state index contributed by atoms with van der Waals surface area (Å²) in [7, 11) is 0. The largest absolute Gasteiger partial charge is 0.257 e. The molecule has 0 unspecified atom stereocenters. The molecule has 0 spiro atoms. The minimum Gasteiger partial charge on any atom is -0.257 e. The van der Waals surface area contributed by atoms with Crippen LogP contribution in [0.25, 0.3) is 11.0 Å². The van der Waals surface area contributed by atoms with Crippen molar-refractivity contribution in [2.45, 2.75) is 0 Å². The van der Waals surface area contributed by atoms with Crippen LogP contribution < -0.4 is 0 Å². The van der Waals surface area contributed by atoms with E-state index in [4.69, 9.17) is 5.53 Å². The maximum Gasteiger partial charge on any atom is 0.183 e. The van der Waals surface area contributed by atoms with Gasteiger partial charge in [0.2, 0.25) is 0 Å². The van der Waals surface area contributed by atoms with E-state index in [-0.39, 0.29) is 0 Å². The van der Waals surface area contributed by atoms with Crippen molar-refractivity contribution in [2.75, 3.05) is 0 Å². The number of aromatic amines is 1. The lowest BCUT2D eigenvalue weighted by molar-refractivity contribution is 1.04. The highest BCUT2D eigenvalue weighted by Crippen LogP contribution is 2.19. The second-order valence-electron chi connectivity index (χ2n) is 2.06. The van der Waals surface area contributed by atoms with E-state index in [1.165, 1.54) is 0 Å². The van der Waals surface area contributed by atoms with Crippen LogP contribution in [0.2, 0.25) is 0 Å². The highest BCUT2D eigenvalue weighted by molar-refractivity contribution is 5.84. The lowest BCUT2D eigenvalue weighted by Gasteiger charge is -1.83. The molecule has 5 heteroatoms. The molecular weight excluding hydrogens is 142 g/mol. The molecule has 0 saturated carbocycles. The highest BCUT2D eigenvalue weighted by atomic mass is 15.2. The van der Waals surface area contributed by atoms with E-state index in [0.717, 1.165) is 5.39 Å². The molecule has 5 nitrogen and oxygen atoms in total. The Kier molecular flexibility index (Phi) is 1.15. The number of pyridine rings is 1. The Labute approximate surface area is 62.0 Å². The lowest BCUT2D eigenvalue weighted by atomic mass is 10.3. The van der Waals surface area contributed by atoms with Crippen LogP contribution in [0.5, 0.6) is 0 Å². The van der Waals surface area contributed by atoms with Gasteiger partial charge in [-0.1, -0.05) is 0 Å². The van der Waals surface area contributed by atoms with Crippen molar-refractivity contribution in [1.29, 1.82) is 5.53 Å². The second kappa shape index (κ2) is 2.12. The summed E-state index contributed by atoms with van der Waals surface area (Å²) in [5, 5.41) is 10.5. The number of nitrogens with zero attached hydrogens (tertiary/aromatic N) is 3. The summed E-state index contributed by atoms with van der Waals surface area (Å²) in [6.07, 6.45) is 1.65. The third-order valence-corrected chi connectivity index (χ3v) is 1.42. The maximum atomic E-state index is 6.77. The van der Waals surface area contributed by atoms with E-state index in [9.17, 15) is 0 Å². The number of fused-ring (bicyclic) bond motifs is 1. The van der Waals surface area contributed by atoms with Crippen molar-refractivity contribution in [2.24, 2.45) is 5.11 Å². The molecule has 0 amide bonds. The molecule has 2 rings (SSSR count). The van der Waals surface area contributed by atoms with Gasteiger partial charge < -0.3 is 0 Å². The predicted molar refractivity (Wildman–Crippen MR) is 38.7 cm³/mol. The molecule has 2 N–H and O–H groups in total. The molecule has 2 heterocycles. The summed E-state index contributed by atoms with van der Waals surface area (Å²) in [6, 6.07) is 3.60. The van der Waals surface area contributed by atoms with Crippen LogP contribution in [0.1, 0.15) is 0 Å². The zero-order chi connectivity index (χ0) is 7.68. The van der Waals surface area contributed by atoms with Crippen LogP contribution in [0.3, 0.4) is 0 Å². The standard InChI is InChI=1S/C6H5N5/c7-9-6-4-2-1-3-8-5(4)10-11-6/h1-3,7H,(H,8,10,11). The van der Waals surface area contributed by atoms with Gasteiger partial charge in [0.1, 0.15) is 0 Å². The molecule has 0 saturated heterocycles. The number of H-pyrrole nitrogens is 1. The fourth-order valence-corrected chi connectivity index (χ4v) is 0.922. The Balaban J connectivity index is 2.86. The van der Waals surface area contributed by atoms with Crippen molar-refractivity contribution in [3.8, 4) is 0 Å². The first kappa shape index (κ1) is 5.96. The Bertz CT molecular complexity index is 391. The van der Waals surface area contributed by atoms with Gasteiger partial charge in [0, 0.05) is 6.20 Å². The van der Waals surface area contributed by atoms with Gasteiger partial charge in [-0.25, -0.2) is 10.5 Å². The Hall–Kier alpha value is -1.78. The fraction of sp³-hybridized carbons (Fsp3) is 0. The fourth-order valence-electron chi connectivity index (χ4n) is 0.922. The summed E-state index contributed by atoms with van der Waals surface area (Å²) < 4.78 is 0.